The molecule has 106 valence electrons. The van der Waals surface area contributed by atoms with Gasteiger partial charge in [0.05, 0.1) is 12.7 Å². The topological polar surface area (TPSA) is 55.4 Å². The van der Waals surface area contributed by atoms with E-state index in [1.54, 1.807) is 24.3 Å². The summed E-state index contributed by atoms with van der Waals surface area (Å²) >= 11 is 0. The number of carbonyl (C=O) groups excluding carboxylic acids is 2. The van der Waals surface area contributed by atoms with Crippen molar-refractivity contribution in [2.45, 2.75) is 25.7 Å². The Morgan fingerprint density at radius 2 is 1.70 bits per heavy atom. The van der Waals surface area contributed by atoms with Crippen molar-refractivity contribution in [2.75, 3.05) is 12.4 Å². The van der Waals surface area contributed by atoms with Gasteiger partial charge < -0.3 is 10.1 Å². The average molecular weight is 273 g/mol. The first-order valence-corrected chi connectivity index (χ1v) is 7.20. The molecule has 4 nitrogen and oxygen atoms in total. The lowest BCUT2D eigenvalue weighted by Crippen LogP contribution is -2.15. The first-order chi connectivity index (χ1) is 9.70. The van der Waals surface area contributed by atoms with Gasteiger partial charge in [0.15, 0.2) is 0 Å². The monoisotopic (exact) mass is 273 g/mol. The highest BCUT2D eigenvalue weighted by Crippen LogP contribution is 2.55. The van der Waals surface area contributed by atoms with E-state index in [4.69, 9.17) is 0 Å². The molecule has 0 radical (unpaired) electrons. The number of hydrogen-bond donors (Lipinski definition) is 1. The van der Waals surface area contributed by atoms with Crippen LogP contribution in [0, 0.1) is 17.8 Å². The van der Waals surface area contributed by atoms with Crippen molar-refractivity contribution in [2.24, 2.45) is 17.8 Å². The van der Waals surface area contributed by atoms with Crippen LogP contribution in [0.1, 0.15) is 36.0 Å². The Morgan fingerprint density at radius 1 is 1.10 bits per heavy atom. The van der Waals surface area contributed by atoms with E-state index in [2.05, 4.69) is 10.1 Å². The fraction of sp³-hybridized carbons (Fsp3) is 0.500. The highest BCUT2D eigenvalue weighted by Gasteiger charge is 2.54. The smallest absolute Gasteiger partial charge is 0.337 e. The van der Waals surface area contributed by atoms with Crippen LogP contribution in [-0.2, 0) is 9.53 Å². The van der Waals surface area contributed by atoms with Gasteiger partial charge in [0.25, 0.3) is 0 Å². The number of benzene rings is 1. The molecule has 0 bridgehead atoms. The zero-order chi connectivity index (χ0) is 14.1. The summed E-state index contributed by atoms with van der Waals surface area (Å²) < 4.78 is 4.64. The molecule has 20 heavy (non-hydrogen) atoms. The Kier molecular flexibility index (Phi) is 3.47. The molecule has 0 saturated heterocycles. The van der Waals surface area contributed by atoms with E-state index in [0.717, 1.165) is 5.69 Å². The van der Waals surface area contributed by atoms with Crippen molar-refractivity contribution >= 4 is 17.6 Å². The lowest BCUT2D eigenvalue weighted by atomic mass is 10.0. The Bertz CT molecular complexity index is 511. The lowest BCUT2D eigenvalue weighted by molar-refractivity contribution is -0.117. The van der Waals surface area contributed by atoms with Crippen molar-refractivity contribution in [3.8, 4) is 0 Å². The molecule has 1 N–H and O–H groups in total. The molecule has 1 amide bonds. The summed E-state index contributed by atoms with van der Waals surface area (Å²) in [5, 5.41) is 2.95. The molecule has 1 aromatic carbocycles. The van der Waals surface area contributed by atoms with Gasteiger partial charge in [-0.3, -0.25) is 4.79 Å². The summed E-state index contributed by atoms with van der Waals surface area (Å²) in [7, 11) is 1.35. The van der Waals surface area contributed by atoms with E-state index in [9.17, 15) is 9.59 Å². The summed E-state index contributed by atoms with van der Waals surface area (Å²) in [5.74, 6) is 1.19. The van der Waals surface area contributed by atoms with Crippen molar-refractivity contribution in [1.82, 2.24) is 0 Å². The van der Waals surface area contributed by atoms with Gasteiger partial charge in [-0.05, 0) is 48.9 Å². The highest BCUT2D eigenvalue weighted by atomic mass is 16.5. The highest BCUT2D eigenvalue weighted by molar-refractivity contribution is 5.95. The summed E-state index contributed by atoms with van der Waals surface area (Å²) in [6.45, 7) is 0. The van der Waals surface area contributed by atoms with Gasteiger partial charge in [0, 0.05) is 11.6 Å². The number of anilines is 1. The predicted molar refractivity (Wildman–Crippen MR) is 75.3 cm³/mol. The molecule has 0 aromatic heterocycles. The van der Waals surface area contributed by atoms with Gasteiger partial charge in [-0.25, -0.2) is 4.79 Å². The van der Waals surface area contributed by atoms with Gasteiger partial charge >= 0.3 is 5.97 Å². The second-order valence-electron chi connectivity index (χ2n) is 5.70. The molecule has 2 fully saturated rings. The second kappa shape index (κ2) is 5.27. The lowest BCUT2D eigenvalue weighted by Gasteiger charge is -2.05. The minimum absolute atomic E-state index is 0.132. The van der Waals surface area contributed by atoms with Crippen molar-refractivity contribution < 1.29 is 14.3 Å². The fourth-order valence-corrected chi connectivity index (χ4v) is 3.41. The van der Waals surface area contributed by atoms with E-state index < -0.39 is 0 Å². The van der Waals surface area contributed by atoms with Gasteiger partial charge in [-0.2, -0.15) is 0 Å². The summed E-state index contributed by atoms with van der Waals surface area (Å²) in [6, 6.07) is 6.83. The zero-order valence-corrected chi connectivity index (χ0v) is 11.6. The van der Waals surface area contributed by atoms with Gasteiger partial charge in [-0.1, -0.05) is 12.8 Å². The Hall–Kier alpha value is -1.84. The van der Waals surface area contributed by atoms with Crippen LogP contribution in [0.2, 0.25) is 0 Å². The van der Waals surface area contributed by atoms with Crippen LogP contribution in [-0.4, -0.2) is 19.0 Å². The molecule has 2 aliphatic rings. The zero-order valence-electron chi connectivity index (χ0n) is 11.6. The van der Waals surface area contributed by atoms with Crippen molar-refractivity contribution in [1.29, 1.82) is 0 Å². The summed E-state index contributed by atoms with van der Waals surface area (Å²) in [6.07, 6.45) is 4.92. The number of methoxy groups -OCH3 is 1. The molecular weight excluding hydrogens is 254 g/mol. The van der Waals surface area contributed by atoms with Gasteiger partial charge in [-0.15, -0.1) is 0 Å². The third-order valence-electron chi connectivity index (χ3n) is 4.53. The van der Waals surface area contributed by atoms with Crippen LogP contribution in [0.3, 0.4) is 0 Å². The van der Waals surface area contributed by atoms with E-state index >= 15 is 0 Å². The Balaban J connectivity index is 1.60. The molecule has 0 heterocycles. The van der Waals surface area contributed by atoms with E-state index in [0.29, 0.717) is 17.4 Å². The molecular formula is C16H19NO3. The SMILES string of the molecule is COC(=O)c1ccc(NC(=O)C2C3CCCCC32)cc1. The maximum Gasteiger partial charge on any atom is 0.337 e. The van der Waals surface area contributed by atoms with Crippen molar-refractivity contribution in [3.05, 3.63) is 29.8 Å². The third-order valence-corrected chi connectivity index (χ3v) is 4.53. The number of nitrogens with one attached hydrogen (secondary N) is 1. The van der Waals surface area contributed by atoms with Crippen LogP contribution < -0.4 is 5.32 Å². The number of ether oxygens (including phenoxy) is 1. The average Bonchev–Trinajstić information content (AvgIpc) is 3.21. The van der Waals surface area contributed by atoms with Crippen LogP contribution in [0.25, 0.3) is 0 Å². The third kappa shape index (κ3) is 2.42. The number of amides is 1. The number of esters is 1. The number of carbonyl (C=O) groups is 2. The second-order valence-corrected chi connectivity index (χ2v) is 5.70. The van der Waals surface area contributed by atoms with Crippen LogP contribution in [0.5, 0.6) is 0 Å². The van der Waals surface area contributed by atoms with Crippen LogP contribution >= 0.6 is 0 Å². The van der Waals surface area contributed by atoms with Crippen LogP contribution in [0.4, 0.5) is 5.69 Å². The number of fused-ring (bicyclic) bond motifs is 1. The fourth-order valence-electron chi connectivity index (χ4n) is 3.41. The first-order valence-electron chi connectivity index (χ1n) is 7.20. The molecule has 1 aromatic rings. The molecule has 3 rings (SSSR count). The maximum absolute atomic E-state index is 12.2. The Morgan fingerprint density at radius 3 is 2.25 bits per heavy atom. The first kappa shape index (κ1) is 13.2. The van der Waals surface area contributed by atoms with E-state index in [-0.39, 0.29) is 17.8 Å². The minimum atomic E-state index is -0.365. The normalized spacial score (nSPS) is 27.4. The van der Waals surface area contributed by atoms with E-state index in [1.165, 1.54) is 32.8 Å². The maximum atomic E-state index is 12.2. The van der Waals surface area contributed by atoms with E-state index in [1.807, 2.05) is 0 Å². The van der Waals surface area contributed by atoms with Crippen LogP contribution in [0.15, 0.2) is 24.3 Å². The standard InChI is InChI=1S/C16H19NO3/c1-20-16(19)10-6-8-11(9-7-10)17-15(18)14-12-4-2-3-5-13(12)14/h6-9,12-14H,2-5H2,1H3,(H,17,18). The minimum Gasteiger partial charge on any atom is -0.465 e. The molecule has 0 aliphatic heterocycles. The summed E-state index contributed by atoms with van der Waals surface area (Å²) in [4.78, 5) is 23.5. The number of hydrogen-bond acceptors (Lipinski definition) is 3. The van der Waals surface area contributed by atoms with Crippen molar-refractivity contribution in [3.63, 3.8) is 0 Å². The number of rotatable bonds is 3. The van der Waals surface area contributed by atoms with Gasteiger partial charge in [0.1, 0.15) is 0 Å². The predicted octanol–water partition coefficient (Wildman–Crippen LogP) is 2.85. The molecule has 2 saturated carbocycles. The van der Waals surface area contributed by atoms with Gasteiger partial charge in [0.2, 0.25) is 5.91 Å². The molecule has 0 spiro atoms. The molecule has 4 heteroatoms. The molecule has 2 unspecified atom stereocenters. The quantitative estimate of drug-likeness (QED) is 0.862. The molecule has 2 atom stereocenters. The summed E-state index contributed by atoms with van der Waals surface area (Å²) in [5.41, 5.74) is 1.23. The Labute approximate surface area is 118 Å². The molecule has 2 aliphatic carbocycles. The largest absolute Gasteiger partial charge is 0.465 e.